The minimum atomic E-state index is -4.94. The van der Waals surface area contributed by atoms with Crippen molar-refractivity contribution >= 4 is 0 Å². The molecule has 0 unspecified atom stereocenters. The van der Waals surface area contributed by atoms with Crippen LogP contribution in [0.25, 0.3) is 0 Å². The molecule has 1 heterocycles. The van der Waals surface area contributed by atoms with Crippen LogP contribution < -0.4 is 18.6 Å². The van der Waals surface area contributed by atoms with Crippen LogP contribution >= 0.6 is 0 Å². The molecule has 0 saturated heterocycles. The lowest BCUT2D eigenvalue weighted by Gasteiger charge is -2.20. The SMILES string of the molecule is CCc1[o+]c2c(c3c1CCCC3)CCCC2.[O-][Cl+3]([O-])([O-])[O-]. The minimum Gasteiger partial charge on any atom is -0.222 e. The largest absolute Gasteiger partial charge is 0.332 e. The van der Waals surface area contributed by atoms with Gasteiger partial charge in [-0.25, -0.2) is 23.1 Å². The lowest BCUT2D eigenvalue weighted by Crippen LogP contribution is -2.68. The molecule has 0 fully saturated rings. The van der Waals surface area contributed by atoms with Gasteiger partial charge in [-0.15, -0.1) is 10.2 Å². The number of hydrogen-bond acceptors (Lipinski definition) is 4. The Labute approximate surface area is 127 Å². The van der Waals surface area contributed by atoms with Gasteiger partial charge in [-0.05, 0) is 50.5 Å². The van der Waals surface area contributed by atoms with Crippen LogP contribution in [0.2, 0.25) is 0 Å². The van der Waals surface area contributed by atoms with Gasteiger partial charge in [0.05, 0.1) is 24.0 Å². The molecule has 0 radical (unpaired) electrons. The molecule has 0 atom stereocenters. The fourth-order valence-corrected chi connectivity index (χ4v) is 3.35. The Kier molecular flexibility index (Phi) is 5.57. The van der Waals surface area contributed by atoms with Gasteiger partial charge in [-0.1, -0.05) is 6.92 Å². The first-order valence-electron chi connectivity index (χ1n) is 7.50. The Bertz CT molecular complexity index is 468. The van der Waals surface area contributed by atoms with Crippen molar-refractivity contribution in [2.24, 2.45) is 0 Å². The van der Waals surface area contributed by atoms with E-state index in [0.29, 0.717) is 0 Å². The van der Waals surface area contributed by atoms with E-state index in [1.165, 1.54) is 62.9 Å². The molecule has 0 aliphatic heterocycles. The van der Waals surface area contributed by atoms with Gasteiger partial charge in [-0.3, -0.25) is 0 Å². The van der Waals surface area contributed by atoms with Gasteiger partial charge >= 0.3 is 11.5 Å². The third-order valence-electron chi connectivity index (χ3n) is 4.15. The van der Waals surface area contributed by atoms with Crippen molar-refractivity contribution in [3.05, 3.63) is 28.2 Å². The molecule has 0 bridgehead atoms. The maximum absolute atomic E-state index is 8.49. The summed E-state index contributed by atoms with van der Waals surface area (Å²) in [5.74, 6) is 2.61. The minimum absolute atomic E-state index is 1.07. The Hall–Kier alpha value is -0.720. The Morgan fingerprint density at radius 3 is 1.86 bits per heavy atom. The van der Waals surface area contributed by atoms with Crippen LogP contribution in [0, 0.1) is 10.2 Å². The zero-order chi connectivity index (χ0) is 15.5. The molecule has 2 aliphatic rings. The molecule has 1 aromatic heterocycles. The molecule has 6 heteroatoms. The second-order valence-electron chi connectivity index (χ2n) is 5.53. The summed E-state index contributed by atoms with van der Waals surface area (Å²) < 4.78 is 40.1. The zero-order valence-corrected chi connectivity index (χ0v) is 13.0. The van der Waals surface area contributed by atoms with E-state index in [1.54, 1.807) is 16.7 Å². The van der Waals surface area contributed by atoms with Gasteiger partial charge in [0.2, 0.25) is 0 Å². The van der Waals surface area contributed by atoms with Gasteiger partial charge in [-0.2, -0.15) is 0 Å². The van der Waals surface area contributed by atoms with Crippen molar-refractivity contribution in [2.45, 2.75) is 64.7 Å². The summed E-state index contributed by atoms with van der Waals surface area (Å²) in [5.41, 5.74) is 4.86. The smallest absolute Gasteiger partial charge is 0.222 e. The Morgan fingerprint density at radius 2 is 1.29 bits per heavy atom. The molecule has 21 heavy (non-hydrogen) atoms. The summed E-state index contributed by atoms with van der Waals surface area (Å²) in [7, 11) is -4.94. The highest BCUT2D eigenvalue weighted by Crippen LogP contribution is 2.34. The van der Waals surface area contributed by atoms with E-state index in [9.17, 15) is 0 Å². The van der Waals surface area contributed by atoms with Crippen LogP contribution in [-0.4, -0.2) is 0 Å². The van der Waals surface area contributed by atoms with Gasteiger partial charge in [0, 0.05) is 0 Å². The summed E-state index contributed by atoms with van der Waals surface area (Å²) in [5, 5.41) is 0. The average Bonchev–Trinajstić information content (AvgIpc) is 2.44. The van der Waals surface area contributed by atoms with Gasteiger partial charge in [0.15, 0.2) is 0 Å². The highest BCUT2D eigenvalue weighted by molar-refractivity contribution is 5.41. The van der Waals surface area contributed by atoms with Crippen molar-refractivity contribution in [3.8, 4) is 0 Å². The number of fused-ring (bicyclic) bond motifs is 3. The number of rotatable bonds is 1. The van der Waals surface area contributed by atoms with Crippen LogP contribution in [0.5, 0.6) is 0 Å². The maximum Gasteiger partial charge on any atom is 0.332 e. The molecule has 0 amide bonds. The number of aryl methyl sites for hydroxylation is 2. The van der Waals surface area contributed by atoms with Crippen LogP contribution in [-0.2, 0) is 32.1 Å². The standard InChI is InChI=1S/C15H21O.ClHO4/c1-2-14-12-8-4-3-7-11(12)13-9-5-6-10-15(13)16-14;2-1(3,4)5/h2-10H2,1H3;(H,2,3,4,5)/q+1;/p-1. The average molecular weight is 317 g/mol. The molecular weight excluding hydrogens is 296 g/mol. The van der Waals surface area contributed by atoms with E-state index < -0.39 is 10.2 Å². The van der Waals surface area contributed by atoms with E-state index in [-0.39, 0.29) is 0 Å². The summed E-state index contributed by atoms with van der Waals surface area (Å²) >= 11 is 0. The van der Waals surface area contributed by atoms with Crippen LogP contribution in [0.4, 0.5) is 0 Å². The molecule has 5 nitrogen and oxygen atoms in total. The van der Waals surface area contributed by atoms with E-state index in [0.717, 1.165) is 6.42 Å². The summed E-state index contributed by atoms with van der Waals surface area (Å²) in [6, 6.07) is 0. The Morgan fingerprint density at radius 1 is 0.810 bits per heavy atom. The molecule has 0 aromatic carbocycles. The third-order valence-corrected chi connectivity index (χ3v) is 4.15. The monoisotopic (exact) mass is 316 g/mol. The van der Waals surface area contributed by atoms with Crippen molar-refractivity contribution in [1.29, 1.82) is 0 Å². The van der Waals surface area contributed by atoms with E-state index in [1.807, 2.05) is 0 Å². The normalized spacial score (nSPS) is 17.4. The van der Waals surface area contributed by atoms with Crippen molar-refractivity contribution in [3.63, 3.8) is 0 Å². The van der Waals surface area contributed by atoms with Crippen molar-refractivity contribution < 1.29 is 33.3 Å². The molecular formula is C15H21ClO5. The fraction of sp³-hybridized carbons (Fsp3) is 0.667. The van der Waals surface area contributed by atoms with E-state index in [4.69, 9.17) is 23.1 Å². The second kappa shape index (κ2) is 7.03. The third kappa shape index (κ3) is 4.63. The molecule has 3 rings (SSSR count). The molecule has 118 valence electrons. The van der Waals surface area contributed by atoms with E-state index >= 15 is 0 Å². The molecule has 0 saturated carbocycles. The quantitative estimate of drug-likeness (QED) is 0.626. The van der Waals surface area contributed by atoms with Crippen LogP contribution in [0.1, 0.15) is 60.8 Å². The van der Waals surface area contributed by atoms with Crippen LogP contribution in [0.3, 0.4) is 0 Å². The van der Waals surface area contributed by atoms with Crippen LogP contribution in [0.15, 0.2) is 4.42 Å². The maximum atomic E-state index is 8.49. The highest BCUT2D eigenvalue weighted by Gasteiger charge is 2.31. The lowest BCUT2D eigenvalue weighted by atomic mass is 9.83. The Balaban J connectivity index is 0.000000282. The van der Waals surface area contributed by atoms with Gasteiger partial charge in [0.25, 0.3) is 0 Å². The molecule has 0 N–H and O–H groups in total. The van der Waals surface area contributed by atoms with Crippen molar-refractivity contribution in [1.82, 2.24) is 0 Å². The topological polar surface area (TPSA) is 104 Å². The predicted molar refractivity (Wildman–Crippen MR) is 65.8 cm³/mol. The summed E-state index contributed by atoms with van der Waals surface area (Å²) in [4.78, 5) is 0. The van der Waals surface area contributed by atoms with E-state index in [2.05, 4.69) is 6.92 Å². The second-order valence-corrected chi connectivity index (χ2v) is 6.29. The molecule has 1 aromatic rings. The zero-order valence-electron chi connectivity index (χ0n) is 12.3. The van der Waals surface area contributed by atoms with Crippen molar-refractivity contribution in [2.75, 3.05) is 0 Å². The first-order valence-corrected chi connectivity index (χ1v) is 8.73. The molecule has 2 aliphatic carbocycles. The predicted octanol–water partition coefficient (Wildman–Crippen LogP) is -0.875. The highest BCUT2D eigenvalue weighted by atomic mass is 35.7. The first-order chi connectivity index (χ1) is 9.90. The summed E-state index contributed by atoms with van der Waals surface area (Å²) in [6.07, 6.45) is 11.5. The van der Waals surface area contributed by atoms with Gasteiger partial charge < -0.3 is 0 Å². The lowest BCUT2D eigenvalue weighted by molar-refractivity contribution is -2.00. The molecule has 0 spiro atoms. The fourth-order valence-electron chi connectivity index (χ4n) is 3.35. The number of halogens is 1. The number of hydrogen-bond donors (Lipinski definition) is 0. The summed E-state index contributed by atoms with van der Waals surface area (Å²) in [6.45, 7) is 2.23. The van der Waals surface area contributed by atoms with Gasteiger partial charge in [0.1, 0.15) is 0 Å². The first kappa shape index (κ1) is 16.6.